The van der Waals surface area contributed by atoms with Crippen LogP contribution in [0.25, 0.3) is 11.3 Å². The van der Waals surface area contributed by atoms with Gasteiger partial charge in [-0.15, -0.1) is 11.3 Å². The lowest BCUT2D eigenvalue weighted by Gasteiger charge is -2.13. The number of nitrogens with zero attached hydrogens (tertiary/aromatic N) is 1. The molecule has 4 rings (SSSR count). The van der Waals surface area contributed by atoms with Crippen molar-refractivity contribution < 1.29 is 23.4 Å². The largest absolute Gasteiger partial charge is 0.493 e. The Kier molecular flexibility index (Phi) is 4.41. The molecule has 2 aromatic carbocycles. The topological polar surface area (TPSA) is 69.7 Å². The zero-order valence-corrected chi connectivity index (χ0v) is 15.3. The van der Waals surface area contributed by atoms with E-state index in [1.807, 2.05) is 5.38 Å². The van der Waals surface area contributed by atoms with Gasteiger partial charge in [0.1, 0.15) is 11.4 Å². The smallest absolute Gasteiger partial charge is 0.344 e. The van der Waals surface area contributed by atoms with Gasteiger partial charge in [0, 0.05) is 16.5 Å². The van der Waals surface area contributed by atoms with Crippen LogP contribution >= 0.6 is 11.3 Å². The van der Waals surface area contributed by atoms with E-state index in [9.17, 15) is 9.18 Å². The molecular weight excluding hydrogens is 371 g/mol. The van der Waals surface area contributed by atoms with Crippen LogP contribution in [0.2, 0.25) is 0 Å². The minimum Gasteiger partial charge on any atom is -0.493 e. The highest BCUT2D eigenvalue weighted by molar-refractivity contribution is 7.14. The quantitative estimate of drug-likeness (QED) is 0.661. The van der Waals surface area contributed by atoms with E-state index in [1.54, 1.807) is 24.3 Å². The van der Waals surface area contributed by atoms with Crippen LogP contribution in [0.4, 0.5) is 9.52 Å². The Labute approximate surface area is 158 Å². The second-order valence-corrected chi connectivity index (χ2v) is 6.60. The van der Waals surface area contributed by atoms with Gasteiger partial charge < -0.3 is 19.5 Å². The van der Waals surface area contributed by atoms with E-state index in [0.717, 1.165) is 5.56 Å². The fourth-order valence-electron chi connectivity index (χ4n) is 2.91. The van der Waals surface area contributed by atoms with Crippen LogP contribution in [0, 0.1) is 5.82 Å². The van der Waals surface area contributed by atoms with Crippen LogP contribution in [0.15, 0.2) is 41.8 Å². The normalized spacial score (nSPS) is 15.2. The van der Waals surface area contributed by atoms with Gasteiger partial charge in [-0.1, -0.05) is 0 Å². The number of esters is 1. The van der Waals surface area contributed by atoms with E-state index < -0.39 is 12.2 Å². The highest BCUT2D eigenvalue weighted by Gasteiger charge is 2.36. The lowest BCUT2D eigenvalue weighted by Crippen LogP contribution is -2.10. The monoisotopic (exact) mass is 386 g/mol. The second kappa shape index (κ2) is 6.88. The third-order valence-electron chi connectivity index (χ3n) is 4.19. The fourth-order valence-corrected chi connectivity index (χ4v) is 3.65. The average molecular weight is 386 g/mol. The van der Waals surface area contributed by atoms with Crippen LogP contribution in [-0.2, 0) is 4.74 Å². The Hall–Kier alpha value is -3.13. The number of hydrogen-bond acceptors (Lipinski definition) is 7. The van der Waals surface area contributed by atoms with Crippen molar-refractivity contribution in [2.45, 2.75) is 6.23 Å². The van der Waals surface area contributed by atoms with E-state index in [4.69, 9.17) is 14.2 Å². The number of carbonyl (C=O) groups excluding carboxylic acids is 1. The number of rotatable bonds is 5. The first-order valence-electron chi connectivity index (χ1n) is 8.04. The van der Waals surface area contributed by atoms with E-state index in [-0.39, 0.29) is 5.82 Å². The van der Waals surface area contributed by atoms with Crippen LogP contribution in [-0.4, -0.2) is 25.2 Å². The third-order valence-corrected chi connectivity index (χ3v) is 4.96. The molecule has 0 unspecified atom stereocenters. The standard InChI is InChI=1S/C19H15FN2O4S/c1-24-14-8-7-12-15(16(14)25-2)18(23)26-17(12)22-19-21-13(9-27-19)10-3-5-11(20)6-4-10/h3-9,17H,1-2H3,(H,21,22)/t17-/m0/s1. The molecule has 2 heterocycles. The Balaban J connectivity index is 1.61. The first kappa shape index (κ1) is 17.3. The summed E-state index contributed by atoms with van der Waals surface area (Å²) in [5.74, 6) is 0.0110. The molecule has 138 valence electrons. The lowest BCUT2D eigenvalue weighted by atomic mass is 10.1. The van der Waals surface area contributed by atoms with Crippen molar-refractivity contribution in [3.05, 3.63) is 58.7 Å². The van der Waals surface area contributed by atoms with Gasteiger partial charge >= 0.3 is 5.97 Å². The molecule has 0 radical (unpaired) electrons. The number of hydrogen-bond donors (Lipinski definition) is 1. The fraction of sp³-hybridized carbons (Fsp3) is 0.158. The molecule has 1 aromatic heterocycles. The molecule has 1 aliphatic heterocycles. The molecule has 8 heteroatoms. The molecule has 0 saturated carbocycles. The SMILES string of the molecule is COc1ccc2c(c1OC)C(=O)O[C@@H]2Nc1nc(-c2ccc(F)cc2)cs1. The molecule has 1 aliphatic rings. The van der Waals surface area contributed by atoms with Crippen molar-refractivity contribution in [2.24, 2.45) is 0 Å². The summed E-state index contributed by atoms with van der Waals surface area (Å²) >= 11 is 1.37. The number of methoxy groups -OCH3 is 2. The maximum Gasteiger partial charge on any atom is 0.344 e. The Morgan fingerprint density at radius 3 is 2.63 bits per heavy atom. The number of ether oxygens (including phenoxy) is 3. The first-order valence-corrected chi connectivity index (χ1v) is 8.92. The number of thiazole rings is 1. The molecule has 0 spiro atoms. The van der Waals surface area contributed by atoms with Gasteiger partial charge in [-0.05, 0) is 36.4 Å². The van der Waals surface area contributed by atoms with Crippen molar-refractivity contribution in [1.29, 1.82) is 0 Å². The van der Waals surface area contributed by atoms with Gasteiger partial charge in [0.15, 0.2) is 16.6 Å². The van der Waals surface area contributed by atoms with E-state index in [0.29, 0.717) is 33.5 Å². The molecule has 0 saturated heterocycles. The van der Waals surface area contributed by atoms with Crippen molar-refractivity contribution in [2.75, 3.05) is 19.5 Å². The number of cyclic esters (lactones) is 1. The predicted molar refractivity (Wildman–Crippen MR) is 98.8 cm³/mol. The molecule has 1 N–H and O–H groups in total. The summed E-state index contributed by atoms with van der Waals surface area (Å²) in [6.07, 6.45) is -0.681. The van der Waals surface area contributed by atoms with Gasteiger partial charge in [0.25, 0.3) is 0 Å². The zero-order valence-electron chi connectivity index (χ0n) is 14.5. The van der Waals surface area contributed by atoms with Crippen LogP contribution < -0.4 is 14.8 Å². The Morgan fingerprint density at radius 2 is 1.93 bits per heavy atom. The number of benzene rings is 2. The van der Waals surface area contributed by atoms with Crippen molar-refractivity contribution in [3.63, 3.8) is 0 Å². The molecular formula is C19H15FN2O4S. The number of anilines is 1. The van der Waals surface area contributed by atoms with Gasteiger partial charge in [0.2, 0.25) is 6.23 Å². The molecule has 3 aromatic rings. The Bertz CT molecular complexity index is 1000. The molecule has 0 amide bonds. The summed E-state index contributed by atoms with van der Waals surface area (Å²) in [7, 11) is 2.98. The maximum absolute atomic E-state index is 13.1. The molecule has 0 aliphatic carbocycles. The van der Waals surface area contributed by atoms with Crippen LogP contribution in [0.5, 0.6) is 11.5 Å². The van der Waals surface area contributed by atoms with Crippen LogP contribution in [0.1, 0.15) is 22.1 Å². The van der Waals surface area contributed by atoms with E-state index in [1.165, 1.54) is 37.7 Å². The van der Waals surface area contributed by atoms with Gasteiger partial charge in [-0.3, -0.25) is 0 Å². The number of aromatic nitrogens is 1. The number of fused-ring (bicyclic) bond motifs is 1. The van der Waals surface area contributed by atoms with E-state index in [2.05, 4.69) is 10.3 Å². The highest BCUT2D eigenvalue weighted by Crippen LogP contribution is 2.42. The molecule has 0 bridgehead atoms. The molecule has 6 nitrogen and oxygen atoms in total. The number of carbonyl (C=O) groups is 1. The summed E-state index contributed by atoms with van der Waals surface area (Å²) in [5, 5.41) is 5.54. The first-order chi connectivity index (χ1) is 13.1. The predicted octanol–water partition coefficient (Wildman–Crippen LogP) is 4.25. The summed E-state index contributed by atoms with van der Waals surface area (Å²) in [6.45, 7) is 0. The summed E-state index contributed by atoms with van der Waals surface area (Å²) in [5.41, 5.74) is 2.50. The van der Waals surface area contributed by atoms with Crippen molar-refractivity contribution in [1.82, 2.24) is 4.98 Å². The average Bonchev–Trinajstić information content (AvgIpc) is 3.27. The molecule has 0 fully saturated rings. The van der Waals surface area contributed by atoms with E-state index >= 15 is 0 Å². The van der Waals surface area contributed by atoms with Crippen LogP contribution in [0.3, 0.4) is 0 Å². The summed E-state index contributed by atoms with van der Waals surface area (Å²) in [4.78, 5) is 16.8. The highest BCUT2D eigenvalue weighted by atomic mass is 32.1. The van der Waals surface area contributed by atoms with Gasteiger partial charge in [-0.25, -0.2) is 14.2 Å². The third kappa shape index (κ3) is 3.08. The van der Waals surface area contributed by atoms with Gasteiger partial charge in [0.05, 0.1) is 19.9 Å². The summed E-state index contributed by atoms with van der Waals surface area (Å²) in [6, 6.07) is 9.58. The summed E-state index contributed by atoms with van der Waals surface area (Å²) < 4.78 is 29.1. The lowest BCUT2D eigenvalue weighted by molar-refractivity contribution is 0.0435. The number of nitrogens with one attached hydrogen (secondary N) is 1. The van der Waals surface area contributed by atoms with Crippen molar-refractivity contribution in [3.8, 4) is 22.8 Å². The second-order valence-electron chi connectivity index (χ2n) is 5.74. The Morgan fingerprint density at radius 1 is 1.15 bits per heavy atom. The minimum absolute atomic E-state index is 0.300. The molecule has 27 heavy (non-hydrogen) atoms. The molecule has 1 atom stereocenters. The minimum atomic E-state index is -0.681. The number of halogens is 1. The van der Waals surface area contributed by atoms with Crippen molar-refractivity contribution >= 4 is 22.4 Å². The maximum atomic E-state index is 13.1. The van der Waals surface area contributed by atoms with Gasteiger partial charge in [-0.2, -0.15) is 0 Å². The zero-order chi connectivity index (χ0) is 19.0.